The molecule has 0 aliphatic carbocycles. The van der Waals surface area contributed by atoms with Crippen LogP contribution in [0.5, 0.6) is 6.01 Å². The standard InChI is InChI=1S/C17H18N4O3.C2HF3O2/c22-15(13-3-1-5-18-10-13)21-8-4-17(12-21)9-14(11-23-17)24-16-19-6-2-7-20-16;3-2(4,5)1(6)7/h1-3,5-7,10,14H,4,8-9,11-12H2;(H,6,7). The maximum absolute atomic E-state index is 12.5. The molecule has 166 valence electrons. The van der Waals surface area contributed by atoms with Gasteiger partial charge in [-0.25, -0.2) is 14.8 Å². The number of carbonyl (C=O) groups excluding carboxylic acids is 1. The third-order valence-corrected chi connectivity index (χ3v) is 4.74. The second kappa shape index (κ2) is 9.25. The van der Waals surface area contributed by atoms with Gasteiger partial charge in [0, 0.05) is 37.8 Å². The van der Waals surface area contributed by atoms with Crippen molar-refractivity contribution in [3.63, 3.8) is 0 Å². The number of aliphatic carboxylic acids is 1. The van der Waals surface area contributed by atoms with Crippen LogP contribution in [0.4, 0.5) is 13.2 Å². The summed E-state index contributed by atoms with van der Waals surface area (Å²) in [5, 5.41) is 7.12. The van der Waals surface area contributed by atoms with Crippen LogP contribution in [0.3, 0.4) is 0 Å². The Morgan fingerprint density at radius 3 is 2.55 bits per heavy atom. The number of aromatic nitrogens is 3. The van der Waals surface area contributed by atoms with Crippen LogP contribution in [-0.2, 0) is 9.53 Å². The molecule has 2 aromatic rings. The Morgan fingerprint density at radius 1 is 1.23 bits per heavy atom. The van der Waals surface area contributed by atoms with E-state index in [-0.39, 0.29) is 17.6 Å². The van der Waals surface area contributed by atoms with Crippen molar-refractivity contribution in [2.24, 2.45) is 0 Å². The van der Waals surface area contributed by atoms with Gasteiger partial charge in [-0.05, 0) is 24.6 Å². The number of halogens is 3. The average molecular weight is 440 g/mol. The molecule has 4 heterocycles. The van der Waals surface area contributed by atoms with Crippen LogP contribution in [0, 0.1) is 0 Å². The van der Waals surface area contributed by atoms with Crippen molar-refractivity contribution in [2.75, 3.05) is 19.7 Å². The average Bonchev–Trinajstić information content (AvgIpc) is 3.35. The maximum Gasteiger partial charge on any atom is 0.490 e. The summed E-state index contributed by atoms with van der Waals surface area (Å²) in [7, 11) is 0. The molecule has 2 aliphatic rings. The summed E-state index contributed by atoms with van der Waals surface area (Å²) in [6, 6.07) is 5.67. The van der Waals surface area contributed by atoms with Gasteiger partial charge in [0.1, 0.15) is 6.10 Å². The zero-order chi connectivity index (χ0) is 22.5. The Bertz CT molecular complexity index is 900. The highest BCUT2D eigenvalue weighted by molar-refractivity contribution is 5.94. The minimum Gasteiger partial charge on any atom is -0.475 e. The first-order valence-corrected chi connectivity index (χ1v) is 9.26. The minimum absolute atomic E-state index is 0.000615. The number of likely N-dealkylation sites (tertiary alicyclic amines) is 1. The molecule has 2 fully saturated rings. The van der Waals surface area contributed by atoms with Crippen LogP contribution >= 0.6 is 0 Å². The van der Waals surface area contributed by atoms with Crippen LogP contribution in [0.1, 0.15) is 23.2 Å². The molecule has 1 N–H and O–H groups in total. The smallest absolute Gasteiger partial charge is 0.475 e. The highest BCUT2D eigenvalue weighted by Crippen LogP contribution is 2.36. The number of ether oxygens (including phenoxy) is 2. The fraction of sp³-hybridized carbons (Fsp3) is 0.421. The summed E-state index contributed by atoms with van der Waals surface area (Å²) in [4.78, 5) is 35.4. The number of nitrogens with zero attached hydrogens (tertiary/aromatic N) is 4. The van der Waals surface area contributed by atoms with Gasteiger partial charge < -0.3 is 19.5 Å². The normalized spacial score (nSPS) is 22.7. The van der Waals surface area contributed by atoms with Crippen molar-refractivity contribution in [1.82, 2.24) is 19.9 Å². The van der Waals surface area contributed by atoms with Crippen LogP contribution in [0.15, 0.2) is 43.0 Å². The van der Waals surface area contributed by atoms with Gasteiger partial charge in [0.05, 0.1) is 24.3 Å². The Labute approximate surface area is 174 Å². The molecular weight excluding hydrogens is 421 g/mol. The molecule has 0 radical (unpaired) electrons. The van der Waals surface area contributed by atoms with Crippen molar-refractivity contribution in [2.45, 2.75) is 30.7 Å². The van der Waals surface area contributed by atoms with Gasteiger partial charge in [-0.3, -0.25) is 9.78 Å². The van der Waals surface area contributed by atoms with Crippen molar-refractivity contribution in [3.8, 4) is 6.01 Å². The lowest BCUT2D eigenvalue weighted by Crippen LogP contribution is -2.36. The predicted molar refractivity (Wildman–Crippen MR) is 98.2 cm³/mol. The second-order valence-electron chi connectivity index (χ2n) is 6.99. The maximum atomic E-state index is 12.5. The van der Waals surface area contributed by atoms with E-state index in [1.54, 1.807) is 43.0 Å². The second-order valence-corrected chi connectivity index (χ2v) is 6.99. The van der Waals surface area contributed by atoms with Gasteiger partial charge in [0.25, 0.3) is 5.91 Å². The van der Waals surface area contributed by atoms with E-state index in [2.05, 4.69) is 15.0 Å². The van der Waals surface area contributed by atoms with Crippen molar-refractivity contribution in [1.29, 1.82) is 0 Å². The van der Waals surface area contributed by atoms with Crippen molar-refractivity contribution >= 4 is 11.9 Å². The molecule has 0 saturated carbocycles. The number of pyridine rings is 1. The van der Waals surface area contributed by atoms with E-state index in [1.165, 1.54) is 0 Å². The third kappa shape index (κ3) is 5.87. The van der Waals surface area contributed by atoms with E-state index in [9.17, 15) is 18.0 Å². The molecule has 9 nitrogen and oxygen atoms in total. The van der Waals surface area contributed by atoms with Crippen molar-refractivity contribution in [3.05, 3.63) is 48.5 Å². The zero-order valence-corrected chi connectivity index (χ0v) is 16.2. The largest absolute Gasteiger partial charge is 0.490 e. The molecule has 1 spiro atoms. The SMILES string of the molecule is O=C(O)C(F)(F)F.O=C(c1cccnc1)N1CCC2(CC(Oc3ncccn3)CO2)C1. The Hall–Kier alpha value is -3.28. The quantitative estimate of drug-likeness (QED) is 0.770. The van der Waals surface area contributed by atoms with E-state index in [0.717, 1.165) is 12.8 Å². The number of carboxylic acid groups (broad SMARTS) is 1. The summed E-state index contributed by atoms with van der Waals surface area (Å²) < 4.78 is 43.5. The van der Waals surface area contributed by atoms with Crippen LogP contribution in [0.25, 0.3) is 0 Å². The molecule has 2 atom stereocenters. The fourth-order valence-corrected chi connectivity index (χ4v) is 3.35. The number of carboxylic acids is 1. The molecular formula is C19H19F3N4O5. The van der Waals surface area contributed by atoms with Gasteiger partial charge >= 0.3 is 18.2 Å². The van der Waals surface area contributed by atoms with E-state index in [0.29, 0.717) is 31.3 Å². The van der Waals surface area contributed by atoms with Gasteiger partial charge in [0.2, 0.25) is 0 Å². The monoisotopic (exact) mass is 440 g/mol. The van der Waals surface area contributed by atoms with Crippen LogP contribution in [-0.4, -0.2) is 74.4 Å². The molecule has 2 aromatic heterocycles. The van der Waals surface area contributed by atoms with Gasteiger partial charge in [0.15, 0.2) is 0 Å². The Morgan fingerprint density at radius 2 is 1.94 bits per heavy atom. The number of rotatable bonds is 3. The Balaban J connectivity index is 0.000000339. The summed E-state index contributed by atoms with van der Waals surface area (Å²) in [6.45, 7) is 1.76. The van der Waals surface area contributed by atoms with E-state index in [1.807, 2.05) is 4.90 Å². The van der Waals surface area contributed by atoms with Crippen molar-refractivity contribution < 1.29 is 37.3 Å². The summed E-state index contributed by atoms with van der Waals surface area (Å²) >= 11 is 0. The molecule has 1 amide bonds. The first-order valence-electron chi connectivity index (χ1n) is 9.26. The number of alkyl halides is 3. The molecule has 2 saturated heterocycles. The summed E-state index contributed by atoms with van der Waals surface area (Å²) in [6.07, 6.45) is 2.95. The lowest BCUT2D eigenvalue weighted by molar-refractivity contribution is -0.192. The predicted octanol–water partition coefficient (Wildman–Crippen LogP) is 1.96. The highest BCUT2D eigenvalue weighted by atomic mass is 19.4. The summed E-state index contributed by atoms with van der Waals surface area (Å²) in [5.74, 6) is -2.76. The third-order valence-electron chi connectivity index (χ3n) is 4.74. The Kier molecular flexibility index (Phi) is 6.68. The summed E-state index contributed by atoms with van der Waals surface area (Å²) in [5.41, 5.74) is 0.287. The molecule has 2 aliphatic heterocycles. The molecule has 12 heteroatoms. The molecule has 31 heavy (non-hydrogen) atoms. The number of carbonyl (C=O) groups is 2. The first kappa shape index (κ1) is 22.4. The molecule has 2 unspecified atom stereocenters. The number of hydrogen-bond donors (Lipinski definition) is 1. The molecule has 4 rings (SSSR count). The lowest BCUT2D eigenvalue weighted by Gasteiger charge is -2.23. The highest BCUT2D eigenvalue weighted by Gasteiger charge is 2.47. The number of amides is 1. The fourth-order valence-electron chi connectivity index (χ4n) is 3.35. The minimum atomic E-state index is -5.08. The number of hydrogen-bond acceptors (Lipinski definition) is 7. The van der Waals surface area contributed by atoms with Gasteiger partial charge in [-0.1, -0.05) is 0 Å². The first-order chi connectivity index (χ1) is 14.7. The van der Waals surface area contributed by atoms with E-state index >= 15 is 0 Å². The topological polar surface area (TPSA) is 115 Å². The molecule has 0 aromatic carbocycles. The van der Waals surface area contributed by atoms with Gasteiger partial charge in [-0.15, -0.1) is 0 Å². The molecule has 0 bridgehead atoms. The zero-order valence-electron chi connectivity index (χ0n) is 16.2. The van der Waals surface area contributed by atoms with E-state index in [4.69, 9.17) is 19.4 Å². The lowest BCUT2D eigenvalue weighted by atomic mass is 9.98. The van der Waals surface area contributed by atoms with Gasteiger partial charge in [-0.2, -0.15) is 13.2 Å². The van der Waals surface area contributed by atoms with Crippen LogP contribution in [0.2, 0.25) is 0 Å². The van der Waals surface area contributed by atoms with E-state index < -0.39 is 12.1 Å². The van der Waals surface area contributed by atoms with Crippen LogP contribution < -0.4 is 4.74 Å².